The number of ketones is 1. The maximum atomic E-state index is 12.6. The third-order valence-corrected chi connectivity index (χ3v) is 4.04. The van der Waals surface area contributed by atoms with Gasteiger partial charge in [-0.25, -0.2) is 0 Å². The van der Waals surface area contributed by atoms with Gasteiger partial charge in [-0.1, -0.05) is 33.1 Å². The van der Waals surface area contributed by atoms with Crippen LogP contribution in [0.4, 0.5) is 0 Å². The second-order valence-corrected chi connectivity index (χ2v) is 5.70. The van der Waals surface area contributed by atoms with Crippen LogP contribution >= 0.6 is 0 Å². The lowest BCUT2D eigenvalue weighted by molar-refractivity contribution is -0.156. The van der Waals surface area contributed by atoms with Crippen LogP contribution in [0.15, 0.2) is 0 Å². The number of esters is 1. The van der Waals surface area contributed by atoms with Gasteiger partial charge in [0.05, 0.1) is 7.11 Å². The third kappa shape index (κ3) is 4.03. The standard InChI is InChI=1S/C15H26O4/c1-10(2)12(15(17)19-4)13(16)14(18-3)11-8-6-5-7-9-11/h10-12,14H,5-9H2,1-4H3. The highest BCUT2D eigenvalue weighted by atomic mass is 16.5. The summed E-state index contributed by atoms with van der Waals surface area (Å²) in [5, 5.41) is 0. The van der Waals surface area contributed by atoms with E-state index in [0.29, 0.717) is 0 Å². The van der Waals surface area contributed by atoms with E-state index >= 15 is 0 Å². The van der Waals surface area contributed by atoms with Gasteiger partial charge in [-0.3, -0.25) is 9.59 Å². The number of carbonyl (C=O) groups excluding carboxylic acids is 2. The van der Waals surface area contributed by atoms with Gasteiger partial charge in [0.2, 0.25) is 0 Å². The van der Waals surface area contributed by atoms with Crippen molar-refractivity contribution < 1.29 is 19.1 Å². The predicted molar refractivity (Wildman–Crippen MR) is 72.7 cm³/mol. The molecule has 0 radical (unpaired) electrons. The molecule has 0 bridgehead atoms. The molecular formula is C15H26O4. The molecule has 2 unspecified atom stereocenters. The van der Waals surface area contributed by atoms with Gasteiger partial charge >= 0.3 is 5.97 Å². The molecule has 1 aliphatic rings. The van der Waals surface area contributed by atoms with E-state index in [9.17, 15) is 9.59 Å². The molecule has 0 aliphatic heterocycles. The first-order chi connectivity index (χ1) is 9.02. The largest absolute Gasteiger partial charge is 0.468 e. The molecular weight excluding hydrogens is 244 g/mol. The van der Waals surface area contributed by atoms with Crippen molar-refractivity contribution in [3.63, 3.8) is 0 Å². The summed E-state index contributed by atoms with van der Waals surface area (Å²) in [6.45, 7) is 3.74. The van der Waals surface area contributed by atoms with Gasteiger partial charge in [-0.15, -0.1) is 0 Å². The Morgan fingerprint density at radius 2 is 1.63 bits per heavy atom. The van der Waals surface area contributed by atoms with Crippen LogP contribution in [0.25, 0.3) is 0 Å². The minimum Gasteiger partial charge on any atom is -0.468 e. The van der Waals surface area contributed by atoms with Crippen molar-refractivity contribution in [1.82, 2.24) is 0 Å². The fourth-order valence-corrected chi connectivity index (χ4v) is 3.00. The smallest absolute Gasteiger partial charge is 0.316 e. The Morgan fingerprint density at radius 1 is 1.05 bits per heavy atom. The lowest BCUT2D eigenvalue weighted by Crippen LogP contribution is -2.42. The zero-order chi connectivity index (χ0) is 14.4. The maximum absolute atomic E-state index is 12.6. The first-order valence-corrected chi connectivity index (χ1v) is 7.17. The van der Waals surface area contributed by atoms with Gasteiger partial charge in [0, 0.05) is 7.11 Å². The van der Waals surface area contributed by atoms with Crippen LogP contribution in [-0.2, 0) is 19.1 Å². The van der Waals surface area contributed by atoms with E-state index in [1.165, 1.54) is 13.5 Å². The number of hydrogen-bond donors (Lipinski definition) is 0. The van der Waals surface area contributed by atoms with E-state index in [2.05, 4.69) is 0 Å². The third-order valence-electron chi connectivity index (χ3n) is 4.04. The monoisotopic (exact) mass is 270 g/mol. The van der Waals surface area contributed by atoms with Gasteiger partial charge in [0.1, 0.15) is 12.0 Å². The van der Waals surface area contributed by atoms with Gasteiger partial charge in [-0.05, 0) is 24.7 Å². The zero-order valence-corrected chi connectivity index (χ0v) is 12.5. The average Bonchev–Trinajstić information content (AvgIpc) is 2.40. The lowest BCUT2D eigenvalue weighted by Gasteiger charge is -2.31. The van der Waals surface area contributed by atoms with E-state index in [1.807, 2.05) is 13.8 Å². The summed E-state index contributed by atoms with van der Waals surface area (Å²) in [6.07, 6.45) is 5.06. The first kappa shape index (κ1) is 16.2. The predicted octanol–water partition coefficient (Wildman–Crippen LogP) is 2.60. The van der Waals surface area contributed by atoms with Crippen molar-refractivity contribution in [2.45, 2.75) is 52.1 Å². The molecule has 1 fully saturated rings. The number of ether oxygens (including phenoxy) is 2. The number of rotatable bonds is 6. The number of Topliss-reactive ketones (excluding diaryl/α,β-unsaturated/α-hetero) is 1. The van der Waals surface area contributed by atoms with Gasteiger partial charge in [0.25, 0.3) is 0 Å². The van der Waals surface area contributed by atoms with E-state index in [-0.39, 0.29) is 17.6 Å². The number of hydrogen-bond acceptors (Lipinski definition) is 4. The Balaban J connectivity index is 2.82. The van der Waals surface area contributed by atoms with E-state index < -0.39 is 18.0 Å². The molecule has 0 aromatic heterocycles. The molecule has 0 heterocycles. The molecule has 1 saturated carbocycles. The molecule has 0 spiro atoms. The van der Waals surface area contributed by atoms with Crippen LogP contribution in [0, 0.1) is 17.8 Å². The molecule has 0 amide bonds. The normalized spacial score (nSPS) is 20.1. The fourth-order valence-electron chi connectivity index (χ4n) is 3.00. The van der Waals surface area contributed by atoms with Gasteiger partial charge < -0.3 is 9.47 Å². The van der Waals surface area contributed by atoms with Crippen LogP contribution in [0.5, 0.6) is 0 Å². The molecule has 4 heteroatoms. The van der Waals surface area contributed by atoms with E-state index in [4.69, 9.17) is 9.47 Å². The summed E-state index contributed by atoms with van der Waals surface area (Å²) in [4.78, 5) is 24.4. The minimum absolute atomic E-state index is 0.0683. The SMILES string of the molecule is COC(=O)C(C(=O)C(OC)C1CCCCC1)C(C)C. The van der Waals surface area contributed by atoms with Crippen molar-refractivity contribution in [1.29, 1.82) is 0 Å². The van der Waals surface area contributed by atoms with Crippen molar-refractivity contribution in [3.05, 3.63) is 0 Å². The summed E-state index contributed by atoms with van der Waals surface area (Å²) < 4.78 is 10.2. The highest BCUT2D eigenvalue weighted by Gasteiger charge is 2.39. The van der Waals surface area contributed by atoms with Gasteiger partial charge in [-0.2, -0.15) is 0 Å². The molecule has 1 rings (SSSR count). The maximum Gasteiger partial charge on any atom is 0.316 e. The highest BCUT2D eigenvalue weighted by molar-refractivity contribution is 6.01. The van der Waals surface area contributed by atoms with Gasteiger partial charge in [0.15, 0.2) is 5.78 Å². The zero-order valence-electron chi connectivity index (χ0n) is 12.5. The van der Waals surface area contributed by atoms with Crippen molar-refractivity contribution in [2.75, 3.05) is 14.2 Å². The number of methoxy groups -OCH3 is 2. The van der Waals surface area contributed by atoms with Crippen molar-refractivity contribution in [3.8, 4) is 0 Å². The minimum atomic E-state index is -0.711. The molecule has 19 heavy (non-hydrogen) atoms. The Hall–Kier alpha value is -0.900. The summed E-state index contributed by atoms with van der Waals surface area (Å²) in [5.74, 6) is -1.09. The molecule has 1 aliphatic carbocycles. The number of carbonyl (C=O) groups is 2. The fraction of sp³-hybridized carbons (Fsp3) is 0.867. The first-order valence-electron chi connectivity index (χ1n) is 7.17. The summed E-state index contributed by atoms with van der Waals surface area (Å²) >= 11 is 0. The highest BCUT2D eigenvalue weighted by Crippen LogP contribution is 2.30. The molecule has 0 saturated heterocycles. The van der Waals surface area contributed by atoms with Crippen LogP contribution in [0.3, 0.4) is 0 Å². The van der Waals surface area contributed by atoms with Crippen LogP contribution < -0.4 is 0 Å². The molecule has 110 valence electrons. The van der Waals surface area contributed by atoms with E-state index in [0.717, 1.165) is 25.7 Å². The van der Waals surface area contributed by atoms with Crippen LogP contribution in [0.1, 0.15) is 46.0 Å². The molecule has 2 atom stereocenters. The second kappa shape index (κ2) is 7.63. The Morgan fingerprint density at radius 3 is 2.05 bits per heavy atom. The topological polar surface area (TPSA) is 52.6 Å². The summed E-state index contributed by atoms with van der Waals surface area (Å²) in [5.41, 5.74) is 0. The molecule has 0 aromatic rings. The second-order valence-electron chi connectivity index (χ2n) is 5.70. The van der Waals surface area contributed by atoms with Crippen LogP contribution in [-0.4, -0.2) is 32.1 Å². The lowest BCUT2D eigenvalue weighted by atomic mass is 9.79. The average molecular weight is 270 g/mol. The Labute approximate surface area is 115 Å². The molecule has 0 N–H and O–H groups in total. The quantitative estimate of drug-likeness (QED) is 0.550. The Bertz CT molecular complexity index is 305. The van der Waals surface area contributed by atoms with Crippen molar-refractivity contribution in [2.24, 2.45) is 17.8 Å². The Kier molecular flexibility index (Phi) is 6.49. The van der Waals surface area contributed by atoms with Crippen LogP contribution in [0.2, 0.25) is 0 Å². The molecule has 0 aromatic carbocycles. The van der Waals surface area contributed by atoms with E-state index in [1.54, 1.807) is 7.11 Å². The molecule has 4 nitrogen and oxygen atoms in total. The summed E-state index contributed by atoms with van der Waals surface area (Å²) in [7, 11) is 2.89. The summed E-state index contributed by atoms with van der Waals surface area (Å²) in [6, 6.07) is 0. The van der Waals surface area contributed by atoms with Crippen molar-refractivity contribution >= 4 is 11.8 Å².